The van der Waals surface area contributed by atoms with E-state index in [-0.39, 0.29) is 55.1 Å². The van der Waals surface area contributed by atoms with Crippen LogP contribution in [0.1, 0.15) is 98.5 Å². The van der Waals surface area contributed by atoms with Crippen molar-refractivity contribution in [3.8, 4) is 11.5 Å². The Balaban J connectivity index is 2.96. The lowest BCUT2D eigenvalue weighted by Crippen LogP contribution is -2.42. The molecule has 0 bridgehead atoms. The molecular weight excluding hydrogens is 502 g/mol. The molecule has 0 aromatic heterocycles. The molecule has 0 aliphatic rings. The van der Waals surface area contributed by atoms with Crippen molar-refractivity contribution in [2.24, 2.45) is 11.8 Å². The quantitative estimate of drug-likeness (QED) is 0.131. The predicted octanol–water partition coefficient (Wildman–Crippen LogP) is 5.47. The molecule has 1 rings (SSSR count). The number of carboxylic acids is 1. The molecular formula is C30H47NO8. The molecule has 1 aromatic carbocycles. The zero-order valence-electron chi connectivity index (χ0n) is 24.4. The van der Waals surface area contributed by atoms with E-state index < -0.39 is 30.1 Å². The third-order valence-electron chi connectivity index (χ3n) is 6.59. The second kappa shape index (κ2) is 18.4. The topological polar surface area (TPSA) is 128 Å². The van der Waals surface area contributed by atoms with Crippen molar-refractivity contribution >= 4 is 23.9 Å². The minimum Gasteiger partial charge on any atom is -0.480 e. The Morgan fingerprint density at radius 1 is 0.846 bits per heavy atom. The van der Waals surface area contributed by atoms with Gasteiger partial charge in [-0.1, -0.05) is 66.4 Å². The molecule has 2 N–H and O–H groups in total. The maximum Gasteiger partial charge on any atom is 0.321 e. The Morgan fingerprint density at radius 2 is 1.44 bits per heavy atom. The van der Waals surface area contributed by atoms with Crippen molar-refractivity contribution in [2.45, 2.75) is 111 Å². The number of ether oxygens (including phenoxy) is 3. The summed E-state index contributed by atoms with van der Waals surface area (Å²) in [6, 6.07) is 3.73. The van der Waals surface area contributed by atoms with Crippen LogP contribution in [-0.4, -0.2) is 47.7 Å². The van der Waals surface area contributed by atoms with Gasteiger partial charge in [-0.15, -0.1) is 0 Å². The summed E-state index contributed by atoms with van der Waals surface area (Å²) in [4.78, 5) is 48.8. The van der Waals surface area contributed by atoms with Gasteiger partial charge in [-0.05, 0) is 49.3 Å². The third-order valence-corrected chi connectivity index (χ3v) is 6.59. The Labute approximate surface area is 233 Å². The lowest BCUT2D eigenvalue weighted by molar-refractivity contribution is -0.148. The molecule has 9 heteroatoms. The molecule has 0 radical (unpaired) electrons. The van der Waals surface area contributed by atoms with Crippen LogP contribution >= 0.6 is 0 Å². The van der Waals surface area contributed by atoms with E-state index in [0.29, 0.717) is 12.0 Å². The van der Waals surface area contributed by atoms with Gasteiger partial charge in [0.1, 0.15) is 12.1 Å². The van der Waals surface area contributed by atoms with Gasteiger partial charge in [-0.2, -0.15) is 0 Å². The number of aliphatic carboxylic acids is 1. The predicted molar refractivity (Wildman–Crippen MR) is 149 cm³/mol. The number of carbonyl (C=O) groups is 4. The summed E-state index contributed by atoms with van der Waals surface area (Å²) in [5, 5.41) is 12.7. The zero-order chi connectivity index (χ0) is 29.4. The normalized spacial score (nSPS) is 14.1. The molecule has 0 aliphatic heterocycles. The smallest absolute Gasteiger partial charge is 0.321 e. The maximum absolute atomic E-state index is 12.5. The Morgan fingerprint density at radius 3 is 1.97 bits per heavy atom. The van der Waals surface area contributed by atoms with Crippen LogP contribution < -0.4 is 14.8 Å². The highest BCUT2D eigenvalue weighted by molar-refractivity contribution is 5.77. The van der Waals surface area contributed by atoms with E-state index in [1.165, 1.54) is 12.1 Å². The lowest BCUT2D eigenvalue weighted by Gasteiger charge is -2.19. The molecule has 0 amide bonds. The molecule has 0 saturated carbocycles. The van der Waals surface area contributed by atoms with Crippen LogP contribution in [0.15, 0.2) is 18.2 Å². The summed E-state index contributed by atoms with van der Waals surface area (Å²) in [6.07, 6.45) is 4.70. The number of unbranched alkanes of at least 4 members (excludes halogenated alkanes) is 2. The zero-order valence-corrected chi connectivity index (χ0v) is 24.4. The third kappa shape index (κ3) is 14.1. The first-order chi connectivity index (χ1) is 18.5. The molecule has 39 heavy (non-hydrogen) atoms. The molecule has 3 unspecified atom stereocenters. The van der Waals surface area contributed by atoms with Gasteiger partial charge in [-0.3, -0.25) is 19.2 Å². The monoisotopic (exact) mass is 549 g/mol. The molecule has 0 aliphatic carbocycles. The second-order valence-electron chi connectivity index (χ2n) is 10.4. The van der Waals surface area contributed by atoms with Crippen LogP contribution in [0, 0.1) is 11.8 Å². The maximum atomic E-state index is 12.5. The first kappa shape index (κ1) is 34.1. The van der Waals surface area contributed by atoms with Gasteiger partial charge < -0.3 is 24.6 Å². The van der Waals surface area contributed by atoms with Crippen molar-refractivity contribution in [2.75, 3.05) is 6.54 Å². The van der Waals surface area contributed by atoms with Gasteiger partial charge >= 0.3 is 23.9 Å². The number of esters is 3. The highest BCUT2D eigenvalue weighted by Gasteiger charge is 2.22. The fourth-order valence-corrected chi connectivity index (χ4v) is 3.66. The summed E-state index contributed by atoms with van der Waals surface area (Å²) >= 11 is 0. The minimum absolute atomic E-state index is 0.0729. The number of hydrogen-bond acceptors (Lipinski definition) is 8. The van der Waals surface area contributed by atoms with Crippen LogP contribution in [0.25, 0.3) is 0 Å². The van der Waals surface area contributed by atoms with Crippen LogP contribution in [0.5, 0.6) is 11.5 Å². The number of hydrogen-bond donors (Lipinski definition) is 2. The van der Waals surface area contributed by atoms with Crippen molar-refractivity contribution in [3.05, 3.63) is 23.8 Å². The van der Waals surface area contributed by atoms with Crippen LogP contribution in [-0.2, 0) is 30.3 Å². The van der Waals surface area contributed by atoms with Gasteiger partial charge in [0.15, 0.2) is 11.5 Å². The molecule has 1 aromatic rings. The van der Waals surface area contributed by atoms with E-state index in [1.807, 2.05) is 27.7 Å². The Hall–Kier alpha value is -2.94. The number of benzene rings is 1. The van der Waals surface area contributed by atoms with Crippen LogP contribution in [0.2, 0.25) is 0 Å². The van der Waals surface area contributed by atoms with Gasteiger partial charge in [0, 0.05) is 25.8 Å². The Bertz CT molecular complexity index is 932. The largest absolute Gasteiger partial charge is 0.480 e. The molecule has 0 heterocycles. The van der Waals surface area contributed by atoms with Gasteiger partial charge in [0.2, 0.25) is 0 Å². The van der Waals surface area contributed by atoms with E-state index in [2.05, 4.69) is 12.2 Å². The van der Waals surface area contributed by atoms with E-state index in [4.69, 9.17) is 14.2 Å². The fourth-order valence-electron chi connectivity index (χ4n) is 3.66. The second-order valence-corrected chi connectivity index (χ2v) is 10.4. The number of carbonyl (C=O) groups excluding carboxylic acids is 3. The van der Waals surface area contributed by atoms with E-state index in [0.717, 1.165) is 32.1 Å². The average molecular weight is 550 g/mol. The first-order valence-electron chi connectivity index (χ1n) is 14.2. The standard InChI is InChI=1S/C30H47NO8/c1-7-10-11-12-27(32)37-22(6)19-31-24(30(35)36)17-23-13-14-25(38-28(33)15-20(4)8-2)26(18-23)39-29(34)16-21(5)9-3/h13-14,18,20-22,24,31H,7-12,15-17,19H2,1-6H3,(H,35,36)/t20?,21?,22?,24-/m0/s1. The first-order valence-corrected chi connectivity index (χ1v) is 14.2. The highest BCUT2D eigenvalue weighted by atomic mass is 16.6. The minimum atomic E-state index is -1.07. The van der Waals surface area contributed by atoms with E-state index in [9.17, 15) is 24.3 Å². The number of rotatable bonds is 19. The molecule has 0 spiro atoms. The number of nitrogens with one attached hydrogen (secondary N) is 1. The van der Waals surface area contributed by atoms with E-state index >= 15 is 0 Å². The van der Waals surface area contributed by atoms with Crippen LogP contribution in [0.4, 0.5) is 0 Å². The molecule has 0 saturated heterocycles. The van der Waals surface area contributed by atoms with Crippen molar-refractivity contribution in [1.82, 2.24) is 5.32 Å². The SMILES string of the molecule is CCCCCC(=O)OC(C)CN[C@@H](Cc1ccc(OC(=O)CC(C)CC)c(OC(=O)CC(C)CC)c1)C(=O)O. The lowest BCUT2D eigenvalue weighted by atomic mass is 10.0. The summed E-state index contributed by atoms with van der Waals surface area (Å²) in [5.41, 5.74) is 0.576. The van der Waals surface area contributed by atoms with Gasteiger partial charge in [-0.25, -0.2) is 0 Å². The molecule has 220 valence electrons. The van der Waals surface area contributed by atoms with Gasteiger partial charge in [0.25, 0.3) is 0 Å². The molecule has 9 nitrogen and oxygen atoms in total. The van der Waals surface area contributed by atoms with E-state index in [1.54, 1.807) is 13.0 Å². The Kier molecular flexibility index (Phi) is 16.1. The van der Waals surface area contributed by atoms with Crippen molar-refractivity contribution < 1.29 is 38.5 Å². The van der Waals surface area contributed by atoms with Crippen molar-refractivity contribution in [3.63, 3.8) is 0 Å². The average Bonchev–Trinajstić information content (AvgIpc) is 2.87. The summed E-state index contributed by atoms with van der Waals surface area (Å²) in [6.45, 7) is 11.8. The van der Waals surface area contributed by atoms with Crippen LogP contribution in [0.3, 0.4) is 0 Å². The fraction of sp³-hybridized carbons (Fsp3) is 0.667. The molecule has 4 atom stereocenters. The van der Waals surface area contributed by atoms with Crippen molar-refractivity contribution in [1.29, 1.82) is 0 Å². The summed E-state index contributed by atoms with van der Waals surface area (Å²) in [5.74, 6) is -1.79. The number of carboxylic acid groups (broad SMARTS) is 1. The summed E-state index contributed by atoms with van der Waals surface area (Å²) in [7, 11) is 0. The highest BCUT2D eigenvalue weighted by Crippen LogP contribution is 2.30. The summed E-state index contributed by atoms with van der Waals surface area (Å²) < 4.78 is 16.5. The molecule has 0 fully saturated rings. The van der Waals surface area contributed by atoms with Gasteiger partial charge in [0.05, 0.1) is 0 Å².